The number of ether oxygens (including phenoxy) is 3. The van der Waals surface area contributed by atoms with Crippen LogP contribution in [0.5, 0.6) is 17.2 Å². The van der Waals surface area contributed by atoms with Crippen molar-refractivity contribution >= 4 is 5.71 Å². The van der Waals surface area contributed by atoms with Crippen molar-refractivity contribution in [2.75, 3.05) is 13.2 Å². The number of benzene rings is 3. The van der Waals surface area contributed by atoms with Crippen molar-refractivity contribution in [2.24, 2.45) is 5.10 Å². The second-order valence-corrected chi connectivity index (χ2v) is 8.37. The number of aryl methyl sites for hydroxylation is 2. The zero-order valence-electron chi connectivity index (χ0n) is 17.7. The van der Waals surface area contributed by atoms with Crippen LogP contribution in [0, 0.1) is 13.8 Å². The van der Waals surface area contributed by atoms with Crippen LogP contribution in [-0.2, 0) is 0 Å². The molecule has 3 aliphatic heterocycles. The first kappa shape index (κ1) is 18.3. The first-order valence-electron chi connectivity index (χ1n) is 10.8. The number of para-hydroxylation sites is 1. The highest BCUT2D eigenvalue weighted by atomic mass is 16.6. The Hall–Kier alpha value is -3.47. The topological polar surface area (TPSA) is 43.3 Å². The molecule has 5 heteroatoms. The van der Waals surface area contributed by atoms with Crippen LogP contribution in [0.3, 0.4) is 0 Å². The quantitative estimate of drug-likeness (QED) is 0.572. The van der Waals surface area contributed by atoms with E-state index in [1.54, 1.807) is 0 Å². The van der Waals surface area contributed by atoms with Crippen LogP contribution >= 0.6 is 0 Å². The lowest BCUT2D eigenvalue weighted by Gasteiger charge is -2.38. The largest absolute Gasteiger partial charge is 0.486 e. The minimum Gasteiger partial charge on any atom is -0.486 e. The molecule has 0 radical (unpaired) electrons. The molecule has 3 aliphatic rings. The van der Waals surface area contributed by atoms with Gasteiger partial charge < -0.3 is 14.2 Å². The summed E-state index contributed by atoms with van der Waals surface area (Å²) in [5, 5.41) is 7.21. The maximum atomic E-state index is 6.50. The van der Waals surface area contributed by atoms with Gasteiger partial charge in [-0.15, -0.1) is 0 Å². The molecule has 31 heavy (non-hydrogen) atoms. The van der Waals surface area contributed by atoms with Crippen LogP contribution < -0.4 is 14.2 Å². The summed E-state index contributed by atoms with van der Waals surface area (Å²) < 4.78 is 18.0. The van der Waals surface area contributed by atoms with E-state index in [0.717, 1.165) is 40.5 Å². The predicted molar refractivity (Wildman–Crippen MR) is 119 cm³/mol. The third-order valence-corrected chi connectivity index (χ3v) is 6.27. The monoisotopic (exact) mass is 412 g/mol. The minimum absolute atomic E-state index is 0.138. The maximum absolute atomic E-state index is 6.50. The van der Waals surface area contributed by atoms with Crippen LogP contribution in [-0.4, -0.2) is 23.9 Å². The second kappa shape index (κ2) is 7.05. The molecule has 0 aromatic heterocycles. The first-order chi connectivity index (χ1) is 15.2. The molecule has 0 unspecified atom stereocenters. The van der Waals surface area contributed by atoms with Crippen LogP contribution in [0.25, 0.3) is 0 Å². The van der Waals surface area contributed by atoms with Gasteiger partial charge in [0.25, 0.3) is 0 Å². The Balaban J connectivity index is 1.43. The van der Waals surface area contributed by atoms with E-state index in [0.29, 0.717) is 13.2 Å². The Morgan fingerprint density at radius 3 is 2.55 bits per heavy atom. The van der Waals surface area contributed by atoms with E-state index < -0.39 is 0 Å². The fraction of sp³-hybridized carbons (Fsp3) is 0.269. The minimum atomic E-state index is -0.254. The van der Waals surface area contributed by atoms with Gasteiger partial charge in [0.05, 0.1) is 11.8 Å². The second-order valence-electron chi connectivity index (χ2n) is 8.37. The number of hydrogen-bond donors (Lipinski definition) is 0. The molecule has 0 spiro atoms. The molecule has 2 atom stereocenters. The summed E-state index contributed by atoms with van der Waals surface area (Å²) in [6.45, 7) is 5.43. The molecular formula is C26H24N2O3. The molecule has 0 fully saturated rings. The molecule has 0 saturated carbocycles. The molecule has 0 bridgehead atoms. The Morgan fingerprint density at radius 2 is 1.68 bits per heavy atom. The van der Waals surface area contributed by atoms with Gasteiger partial charge in [0.15, 0.2) is 11.5 Å². The average Bonchev–Trinajstić information content (AvgIpc) is 3.24. The predicted octanol–water partition coefficient (Wildman–Crippen LogP) is 5.32. The number of hydrogen-bond acceptors (Lipinski definition) is 5. The van der Waals surface area contributed by atoms with Crippen molar-refractivity contribution in [3.63, 3.8) is 0 Å². The summed E-state index contributed by atoms with van der Waals surface area (Å²) >= 11 is 0. The SMILES string of the molecule is Cc1ccc([C@@H]2Oc3ccccc3[C@H]3CC(c4ccc5c(c4)OCCO5)=NN32)c(C)c1. The fourth-order valence-electron chi connectivity index (χ4n) is 4.74. The number of nitrogens with zero attached hydrogens (tertiary/aromatic N) is 2. The highest BCUT2D eigenvalue weighted by Gasteiger charge is 2.41. The van der Waals surface area contributed by atoms with Crippen molar-refractivity contribution in [1.82, 2.24) is 5.01 Å². The van der Waals surface area contributed by atoms with Crippen LogP contribution in [0.2, 0.25) is 0 Å². The van der Waals surface area contributed by atoms with Gasteiger partial charge in [-0.2, -0.15) is 5.10 Å². The highest BCUT2D eigenvalue weighted by Crippen LogP contribution is 2.48. The van der Waals surface area contributed by atoms with Crippen molar-refractivity contribution in [2.45, 2.75) is 32.5 Å². The van der Waals surface area contributed by atoms with Crippen LogP contribution in [0.1, 0.15) is 46.5 Å². The maximum Gasteiger partial charge on any atom is 0.214 e. The summed E-state index contributed by atoms with van der Waals surface area (Å²) in [4.78, 5) is 0. The lowest BCUT2D eigenvalue weighted by Crippen LogP contribution is -2.34. The van der Waals surface area contributed by atoms with E-state index >= 15 is 0 Å². The molecule has 3 aromatic rings. The van der Waals surface area contributed by atoms with E-state index in [-0.39, 0.29) is 12.3 Å². The lowest BCUT2D eigenvalue weighted by atomic mass is 9.95. The molecular weight excluding hydrogens is 388 g/mol. The molecule has 0 aliphatic carbocycles. The van der Waals surface area contributed by atoms with Crippen LogP contribution in [0.15, 0.2) is 65.8 Å². The molecule has 0 saturated heterocycles. The van der Waals surface area contributed by atoms with Crippen LogP contribution in [0.4, 0.5) is 0 Å². The first-order valence-corrected chi connectivity index (χ1v) is 10.8. The third-order valence-electron chi connectivity index (χ3n) is 6.27. The smallest absolute Gasteiger partial charge is 0.214 e. The molecule has 6 rings (SSSR count). The normalized spacial score (nSPS) is 21.1. The Morgan fingerprint density at radius 1 is 0.839 bits per heavy atom. The van der Waals surface area contributed by atoms with Gasteiger partial charge in [0, 0.05) is 23.1 Å². The van der Waals surface area contributed by atoms with Crippen molar-refractivity contribution < 1.29 is 14.2 Å². The van der Waals surface area contributed by atoms with Gasteiger partial charge in [-0.1, -0.05) is 42.0 Å². The molecule has 5 nitrogen and oxygen atoms in total. The zero-order valence-corrected chi connectivity index (χ0v) is 17.7. The Bertz CT molecular complexity index is 1200. The van der Waals surface area contributed by atoms with Gasteiger partial charge in [0.2, 0.25) is 6.23 Å². The lowest BCUT2D eigenvalue weighted by molar-refractivity contribution is -0.0194. The average molecular weight is 412 g/mol. The van der Waals surface area contributed by atoms with E-state index in [4.69, 9.17) is 19.3 Å². The Kier molecular flexibility index (Phi) is 4.16. The Labute approximate surface area is 181 Å². The molecule has 0 amide bonds. The van der Waals surface area contributed by atoms with Gasteiger partial charge in [0.1, 0.15) is 19.0 Å². The molecule has 3 heterocycles. The summed E-state index contributed by atoms with van der Waals surface area (Å²) in [7, 11) is 0. The highest BCUT2D eigenvalue weighted by molar-refractivity contribution is 6.02. The fourth-order valence-corrected chi connectivity index (χ4v) is 4.74. The van der Waals surface area contributed by atoms with Gasteiger partial charge >= 0.3 is 0 Å². The summed E-state index contributed by atoms with van der Waals surface area (Å²) in [6, 6.07) is 21.1. The van der Waals surface area contributed by atoms with Gasteiger partial charge in [-0.05, 0) is 43.7 Å². The zero-order chi connectivity index (χ0) is 20.9. The van der Waals surface area contributed by atoms with Gasteiger partial charge in [-0.25, -0.2) is 5.01 Å². The van der Waals surface area contributed by atoms with E-state index in [2.05, 4.69) is 61.3 Å². The molecule has 0 N–H and O–H groups in total. The van der Waals surface area contributed by atoms with Crippen molar-refractivity contribution in [1.29, 1.82) is 0 Å². The van der Waals surface area contributed by atoms with E-state index in [1.807, 2.05) is 18.2 Å². The summed E-state index contributed by atoms with van der Waals surface area (Å²) in [5.74, 6) is 2.53. The third kappa shape index (κ3) is 3.03. The van der Waals surface area contributed by atoms with Gasteiger partial charge in [-0.3, -0.25) is 0 Å². The standard InChI is InChI=1S/C26H24N2O3/c1-16-7-9-19(17(2)13-16)26-28-22(20-5-3-4-6-23(20)31-26)15-21(27-28)18-8-10-24-25(14-18)30-12-11-29-24/h3-10,13-14,22,26H,11-12,15H2,1-2H3/t22-,26+/m1/s1. The van der Waals surface area contributed by atoms with E-state index in [9.17, 15) is 0 Å². The number of rotatable bonds is 2. The van der Waals surface area contributed by atoms with E-state index in [1.165, 1.54) is 16.7 Å². The number of fused-ring (bicyclic) bond motifs is 4. The van der Waals surface area contributed by atoms with Crippen molar-refractivity contribution in [3.8, 4) is 17.2 Å². The number of hydrazone groups is 1. The molecule has 156 valence electrons. The van der Waals surface area contributed by atoms with Crippen molar-refractivity contribution in [3.05, 3.63) is 88.5 Å². The summed E-state index contributed by atoms with van der Waals surface area (Å²) in [5.41, 5.74) is 6.90. The molecule has 3 aromatic carbocycles. The summed E-state index contributed by atoms with van der Waals surface area (Å²) in [6.07, 6.45) is 0.566.